The van der Waals surface area contributed by atoms with Crippen molar-refractivity contribution in [3.05, 3.63) is 235 Å². The Morgan fingerprint density at radius 1 is 0.250 bits per heavy atom. The molecule has 0 bridgehead atoms. The third-order valence-corrected chi connectivity index (χ3v) is 12.4. The largest absolute Gasteiger partial charge is 0.310 e. The van der Waals surface area contributed by atoms with E-state index >= 15 is 0 Å². The van der Waals surface area contributed by atoms with Crippen molar-refractivity contribution < 1.29 is 0 Å². The van der Waals surface area contributed by atoms with E-state index in [-0.39, 0.29) is 5.41 Å². The highest BCUT2D eigenvalue weighted by atomic mass is 15.1. The number of fused-ring (bicyclic) bond motifs is 16. The van der Waals surface area contributed by atoms with Gasteiger partial charge in [-0.25, -0.2) is 0 Å². The molecule has 10 aromatic carbocycles. The SMILES string of the molecule is c1ccc(-c2cccc(N(c3ccc4c(c3)-c3ccccc3C43c4ccccc4-c4ccccc43)c3ccc4c5ccccc5c5ccccc5c4c3)c2)cc1. The minimum absolute atomic E-state index is 0.376. The van der Waals surface area contributed by atoms with Gasteiger partial charge in [0.05, 0.1) is 5.41 Å². The van der Waals surface area contributed by atoms with E-state index in [1.807, 2.05) is 0 Å². The van der Waals surface area contributed by atoms with E-state index in [1.165, 1.54) is 88.0 Å². The van der Waals surface area contributed by atoms with E-state index < -0.39 is 0 Å². The van der Waals surface area contributed by atoms with Crippen molar-refractivity contribution in [2.45, 2.75) is 5.41 Å². The van der Waals surface area contributed by atoms with Crippen LogP contribution in [0.25, 0.3) is 65.7 Å². The van der Waals surface area contributed by atoms with Crippen LogP contribution >= 0.6 is 0 Å². The number of nitrogens with zero attached hydrogens (tertiary/aromatic N) is 1. The van der Waals surface area contributed by atoms with Gasteiger partial charge < -0.3 is 4.90 Å². The van der Waals surface area contributed by atoms with Crippen LogP contribution in [-0.2, 0) is 5.41 Å². The fourth-order valence-electron chi connectivity index (χ4n) is 10.2. The van der Waals surface area contributed by atoms with Crippen LogP contribution in [0.3, 0.4) is 0 Å². The van der Waals surface area contributed by atoms with Crippen molar-refractivity contribution in [3.63, 3.8) is 0 Å². The molecule has 0 saturated heterocycles. The number of hydrogen-bond acceptors (Lipinski definition) is 1. The van der Waals surface area contributed by atoms with Gasteiger partial charge in [-0.2, -0.15) is 0 Å². The first-order chi connectivity index (χ1) is 27.8. The molecule has 2 aliphatic rings. The molecule has 0 amide bonds. The highest BCUT2D eigenvalue weighted by Gasteiger charge is 2.51. The topological polar surface area (TPSA) is 3.24 Å². The van der Waals surface area contributed by atoms with Crippen molar-refractivity contribution in [1.29, 1.82) is 0 Å². The molecule has 0 atom stereocenters. The smallest absolute Gasteiger partial charge is 0.0725 e. The van der Waals surface area contributed by atoms with Crippen LogP contribution in [0.1, 0.15) is 22.3 Å². The van der Waals surface area contributed by atoms with Gasteiger partial charge in [0, 0.05) is 17.1 Å². The maximum Gasteiger partial charge on any atom is 0.0725 e. The summed E-state index contributed by atoms with van der Waals surface area (Å²) in [6.07, 6.45) is 0. The van der Waals surface area contributed by atoms with Crippen molar-refractivity contribution >= 4 is 49.4 Å². The minimum Gasteiger partial charge on any atom is -0.310 e. The third-order valence-electron chi connectivity index (χ3n) is 12.4. The Labute approximate surface area is 326 Å². The van der Waals surface area contributed by atoms with E-state index in [9.17, 15) is 0 Å². The summed E-state index contributed by atoms with van der Waals surface area (Å²) in [4.78, 5) is 2.46. The number of benzene rings is 10. The predicted octanol–water partition coefficient (Wildman–Crippen LogP) is 14.6. The van der Waals surface area contributed by atoms with Gasteiger partial charge in [0.2, 0.25) is 0 Å². The molecule has 0 unspecified atom stereocenters. The Kier molecular flexibility index (Phi) is 6.62. The molecule has 10 aromatic rings. The van der Waals surface area contributed by atoms with E-state index in [0.717, 1.165) is 17.1 Å². The second kappa shape index (κ2) is 11.9. The van der Waals surface area contributed by atoms with Gasteiger partial charge in [-0.1, -0.05) is 176 Å². The molecule has 2 aliphatic carbocycles. The van der Waals surface area contributed by atoms with E-state index in [1.54, 1.807) is 0 Å². The van der Waals surface area contributed by atoms with Gasteiger partial charge in [-0.05, 0) is 124 Å². The summed E-state index contributed by atoms with van der Waals surface area (Å²) in [6, 6.07) is 78.8. The average molecular weight is 710 g/mol. The average Bonchev–Trinajstić information content (AvgIpc) is 3.74. The normalized spacial score (nSPS) is 13.1. The number of rotatable bonds is 4. The molecule has 0 aromatic heterocycles. The van der Waals surface area contributed by atoms with Crippen LogP contribution in [0, 0.1) is 0 Å². The minimum atomic E-state index is -0.376. The lowest BCUT2D eigenvalue weighted by Gasteiger charge is -2.31. The zero-order chi connectivity index (χ0) is 36.8. The van der Waals surface area contributed by atoms with Gasteiger partial charge >= 0.3 is 0 Å². The van der Waals surface area contributed by atoms with E-state index in [2.05, 4.69) is 217 Å². The van der Waals surface area contributed by atoms with Crippen LogP contribution in [-0.4, -0.2) is 0 Å². The molecular weight excluding hydrogens is 675 g/mol. The van der Waals surface area contributed by atoms with Crippen molar-refractivity contribution in [1.82, 2.24) is 0 Å². The molecule has 0 heterocycles. The molecular formula is C55H35N. The summed E-state index contributed by atoms with van der Waals surface area (Å²) in [5.41, 5.74) is 16.0. The van der Waals surface area contributed by atoms with Crippen LogP contribution in [0.2, 0.25) is 0 Å². The quantitative estimate of drug-likeness (QED) is 0.164. The summed E-state index contributed by atoms with van der Waals surface area (Å²) < 4.78 is 0. The van der Waals surface area contributed by atoms with Gasteiger partial charge in [0.15, 0.2) is 0 Å². The van der Waals surface area contributed by atoms with Crippen LogP contribution in [0.5, 0.6) is 0 Å². The number of hydrogen-bond donors (Lipinski definition) is 0. The lowest BCUT2D eigenvalue weighted by Crippen LogP contribution is -2.25. The molecule has 12 rings (SSSR count). The fraction of sp³-hybridized carbons (Fsp3) is 0.0182. The number of anilines is 3. The first kappa shape index (κ1) is 31.2. The highest BCUT2D eigenvalue weighted by Crippen LogP contribution is 2.63. The molecule has 0 N–H and O–H groups in total. The lowest BCUT2D eigenvalue weighted by molar-refractivity contribution is 0.794. The molecule has 0 fully saturated rings. The molecule has 1 nitrogen and oxygen atoms in total. The fourth-order valence-corrected chi connectivity index (χ4v) is 10.2. The summed E-state index contributed by atoms with van der Waals surface area (Å²) >= 11 is 0. The first-order valence-electron chi connectivity index (χ1n) is 19.5. The second-order valence-corrected chi connectivity index (χ2v) is 15.2. The zero-order valence-corrected chi connectivity index (χ0v) is 30.7. The van der Waals surface area contributed by atoms with Crippen LogP contribution in [0.15, 0.2) is 212 Å². The van der Waals surface area contributed by atoms with E-state index in [4.69, 9.17) is 0 Å². The van der Waals surface area contributed by atoms with Crippen molar-refractivity contribution in [2.24, 2.45) is 0 Å². The Hall–Kier alpha value is -7.22. The van der Waals surface area contributed by atoms with Crippen LogP contribution < -0.4 is 4.90 Å². The van der Waals surface area contributed by atoms with Crippen molar-refractivity contribution in [3.8, 4) is 33.4 Å². The molecule has 1 spiro atoms. The standard InChI is InChI=1S/C55H35N/c1-2-15-36(16-3-1)37-17-14-18-38(33-37)56(39-29-31-45-43-21-5-4-19-41(43)42-20-6-7-22-44(42)49(45)34-39)40-30-32-54-50(35-40)48-25-10-13-28-53(48)55(54)51-26-11-8-23-46(51)47-24-9-12-27-52(47)55/h1-35H. The molecule has 260 valence electrons. The van der Waals surface area contributed by atoms with Gasteiger partial charge in [-0.3, -0.25) is 0 Å². The van der Waals surface area contributed by atoms with E-state index in [0.29, 0.717) is 0 Å². The molecule has 0 radical (unpaired) electrons. The predicted molar refractivity (Wildman–Crippen MR) is 235 cm³/mol. The van der Waals surface area contributed by atoms with Crippen LogP contribution in [0.4, 0.5) is 17.1 Å². The Balaban J connectivity index is 1.13. The lowest BCUT2D eigenvalue weighted by atomic mass is 9.70. The maximum absolute atomic E-state index is 2.46. The summed E-state index contributed by atoms with van der Waals surface area (Å²) in [5.74, 6) is 0. The molecule has 0 saturated carbocycles. The third kappa shape index (κ3) is 4.26. The summed E-state index contributed by atoms with van der Waals surface area (Å²) in [6.45, 7) is 0. The summed E-state index contributed by atoms with van der Waals surface area (Å²) in [7, 11) is 0. The Morgan fingerprint density at radius 2 is 0.679 bits per heavy atom. The monoisotopic (exact) mass is 709 g/mol. The zero-order valence-electron chi connectivity index (χ0n) is 30.7. The van der Waals surface area contributed by atoms with Gasteiger partial charge in [0.1, 0.15) is 0 Å². The highest BCUT2D eigenvalue weighted by molar-refractivity contribution is 6.25. The maximum atomic E-state index is 2.46. The summed E-state index contributed by atoms with van der Waals surface area (Å²) in [5, 5.41) is 7.64. The first-order valence-corrected chi connectivity index (χ1v) is 19.5. The Bertz CT molecular complexity index is 3130. The molecule has 1 heteroatoms. The Morgan fingerprint density at radius 3 is 1.30 bits per heavy atom. The second-order valence-electron chi connectivity index (χ2n) is 15.2. The molecule has 0 aliphatic heterocycles. The van der Waals surface area contributed by atoms with Gasteiger partial charge in [-0.15, -0.1) is 0 Å². The van der Waals surface area contributed by atoms with Crippen molar-refractivity contribution in [2.75, 3.05) is 4.90 Å². The van der Waals surface area contributed by atoms with Gasteiger partial charge in [0.25, 0.3) is 0 Å². The molecule has 56 heavy (non-hydrogen) atoms.